The lowest BCUT2D eigenvalue weighted by atomic mass is 10.1. The second-order valence-corrected chi connectivity index (χ2v) is 3.94. The first-order valence-electron chi connectivity index (χ1n) is 4.15. The minimum absolute atomic E-state index is 0.0856. The Balaban J connectivity index is 2.67. The van der Waals surface area contributed by atoms with E-state index in [0.29, 0.717) is 5.56 Å². The maximum Gasteiger partial charge on any atom is 0.307 e. The number of aliphatic carboxylic acids is 1. The summed E-state index contributed by atoms with van der Waals surface area (Å²) in [7, 11) is 0. The molecule has 0 unspecified atom stereocenters. The van der Waals surface area contributed by atoms with E-state index in [1.165, 1.54) is 5.38 Å². The van der Waals surface area contributed by atoms with E-state index < -0.39 is 17.6 Å². The molecule has 0 amide bonds. The molecule has 0 saturated carbocycles. The van der Waals surface area contributed by atoms with Crippen molar-refractivity contribution in [2.45, 2.75) is 6.42 Å². The van der Waals surface area contributed by atoms with E-state index in [1.807, 2.05) is 0 Å². The Morgan fingerprint density at radius 1 is 1.33 bits per heavy atom. The number of halogens is 2. The van der Waals surface area contributed by atoms with Gasteiger partial charge in [0.05, 0.1) is 11.1 Å². The lowest BCUT2D eigenvalue weighted by molar-refractivity contribution is -0.136. The molecule has 0 aliphatic carbocycles. The van der Waals surface area contributed by atoms with Gasteiger partial charge < -0.3 is 5.11 Å². The number of carbonyl (C=O) groups is 1. The van der Waals surface area contributed by atoms with Crippen LogP contribution in [0.1, 0.15) is 5.56 Å². The molecule has 1 N–H and O–H groups in total. The average molecular weight is 228 g/mol. The summed E-state index contributed by atoms with van der Waals surface area (Å²) in [4.78, 5) is 10.5. The van der Waals surface area contributed by atoms with Crippen molar-refractivity contribution in [3.05, 3.63) is 34.7 Å². The first kappa shape index (κ1) is 10.0. The molecule has 1 aromatic carbocycles. The number of benzene rings is 1. The van der Waals surface area contributed by atoms with Gasteiger partial charge in [-0.3, -0.25) is 4.79 Å². The van der Waals surface area contributed by atoms with E-state index in [0.717, 1.165) is 23.5 Å². The molecule has 1 aromatic heterocycles. The molecule has 78 valence electrons. The Morgan fingerprint density at radius 2 is 2.00 bits per heavy atom. The third kappa shape index (κ3) is 1.70. The summed E-state index contributed by atoms with van der Waals surface area (Å²) in [5, 5.41) is 10.2. The molecule has 0 fully saturated rings. The van der Waals surface area contributed by atoms with Gasteiger partial charge in [0, 0.05) is 5.39 Å². The number of rotatable bonds is 2. The molecule has 5 heteroatoms. The molecule has 1 heterocycles. The molecule has 0 aliphatic rings. The van der Waals surface area contributed by atoms with Gasteiger partial charge in [-0.1, -0.05) is 0 Å². The summed E-state index contributed by atoms with van der Waals surface area (Å²) in [6, 6.07) is 2.05. The Morgan fingerprint density at radius 3 is 2.67 bits per heavy atom. The first-order chi connectivity index (χ1) is 7.09. The quantitative estimate of drug-likeness (QED) is 0.858. The summed E-state index contributed by atoms with van der Waals surface area (Å²) in [6.07, 6.45) is -0.291. The highest BCUT2D eigenvalue weighted by Gasteiger charge is 2.14. The van der Waals surface area contributed by atoms with Crippen LogP contribution < -0.4 is 0 Å². The van der Waals surface area contributed by atoms with Crippen LogP contribution in [-0.4, -0.2) is 11.1 Å². The van der Waals surface area contributed by atoms with E-state index in [1.54, 1.807) is 0 Å². The van der Waals surface area contributed by atoms with Gasteiger partial charge in [0.2, 0.25) is 0 Å². The Labute approximate surface area is 87.8 Å². The maximum absolute atomic E-state index is 13.4. The highest BCUT2D eigenvalue weighted by atomic mass is 32.1. The zero-order chi connectivity index (χ0) is 11.0. The van der Waals surface area contributed by atoms with Gasteiger partial charge in [0.15, 0.2) is 0 Å². The van der Waals surface area contributed by atoms with Gasteiger partial charge in [-0.25, -0.2) is 8.78 Å². The monoisotopic (exact) mass is 228 g/mol. The lowest BCUT2D eigenvalue weighted by Crippen LogP contribution is -1.99. The normalized spacial score (nSPS) is 10.8. The molecule has 15 heavy (non-hydrogen) atoms. The number of thiophene rings is 1. The highest BCUT2D eigenvalue weighted by molar-refractivity contribution is 7.17. The molecule has 0 bridgehead atoms. The Kier molecular flexibility index (Phi) is 2.40. The van der Waals surface area contributed by atoms with Crippen LogP contribution in [0.2, 0.25) is 0 Å². The summed E-state index contributed by atoms with van der Waals surface area (Å²) >= 11 is 1.02. The summed E-state index contributed by atoms with van der Waals surface area (Å²) in [5.74, 6) is -2.16. The van der Waals surface area contributed by atoms with E-state index in [-0.39, 0.29) is 16.5 Å². The SMILES string of the molecule is O=C(O)Cc1csc2c(F)ccc(F)c12. The topological polar surface area (TPSA) is 37.3 Å². The predicted molar refractivity (Wildman–Crippen MR) is 53.1 cm³/mol. The summed E-state index contributed by atoms with van der Waals surface area (Å²) in [6.45, 7) is 0. The van der Waals surface area contributed by atoms with Crippen molar-refractivity contribution in [2.24, 2.45) is 0 Å². The number of carboxylic acids is 1. The van der Waals surface area contributed by atoms with Crippen LogP contribution in [0.15, 0.2) is 17.5 Å². The van der Waals surface area contributed by atoms with Crippen LogP contribution in [0.3, 0.4) is 0 Å². The number of carboxylic acid groups (broad SMARTS) is 1. The Bertz CT molecular complexity index is 533. The number of hydrogen-bond donors (Lipinski definition) is 1. The zero-order valence-electron chi connectivity index (χ0n) is 7.46. The zero-order valence-corrected chi connectivity index (χ0v) is 8.28. The second kappa shape index (κ2) is 3.58. The van der Waals surface area contributed by atoms with E-state index >= 15 is 0 Å². The number of hydrogen-bond acceptors (Lipinski definition) is 2. The minimum atomic E-state index is -1.06. The molecule has 0 aliphatic heterocycles. The summed E-state index contributed by atoms with van der Waals surface area (Å²) in [5.41, 5.74) is 0.319. The second-order valence-electron chi connectivity index (χ2n) is 3.06. The molecule has 0 atom stereocenters. The molecular weight excluding hydrogens is 222 g/mol. The van der Waals surface area contributed by atoms with Crippen molar-refractivity contribution >= 4 is 27.4 Å². The van der Waals surface area contributed by atoms with Crippen LogP contribution in [0.5, 0.6) is 0 Å². The van der Waals surface area contributed by atoms with Gasteiger partial charge >= 0.3 is 5.97 Å². The number of fused-ring (bicyclic) bond motifs is 1. The standard InChI is InChI=1S/C10H6F2O2S/c11-6-1-2-7(12)10-9(6)5(4-15-10)3-8(13)14/h1-2,4H,3H2,(H,13,14). The van der Waals surface area contributed by atoms with E-state index in [4.69, 9.17) is 5.11 Å². The van der Waals surface area contributed by atoms with Crippen molar-refractivity contribution in [1.29, 1.82) is 0 Å². The summed E-state index contributed by atoms with van der Waals surface area (Å²) < 4.78 is 26.7. The van der Waals surface area contributed by atoms with Crippen molar-refractivity contribution in [3.8, 4) is 0 Å². The molecule has 0 spiro atoms. The van der Waals surface area contributed by atoms with Crippen LogP contribution in [0.4, 0.5) is 8.78 Å². The first-order valence-corrected chi connectivity index (χ1v) is 5.03. The van der Waals surface area contributed by atoms with Crippen molar-refractivity contribution in [3.63, 3.8) is 0 Å². The fourth-order valence-corrected chi connectivity index (χ4v) is 2.42. The third-order valence-corrected chi connectivity index (χ3v) is 3.08. The fourth-order valence-electron chi connectivity index (χ4n) is 1.43. The van der Waals surface area contributed by atoms with Crippen LogP contribution in [0.25, 0.3) is 10.1 Å². The van der Waals surface area contributed by atoms with E-state index in [9.17, 15) is 13.6 Å². The molecular formula is C10H6F2O2S. The smallest absolute Gasteiger partial charge is 0.307 e. The predicted octanol–water partition coefficient (Wildman–Crippen LogP) is 2.81. The van der Waals surface area contributed by atoms with Gasteiger partial charge in [0.25, 0.3) is 0 Å². The Hall–Kier alpha value is -1.49. The molecule has 2 nitrogen and oxygen atoms in total. The van der Waals surface area contributed by atoms with Crippen molar-refractivity contribution < 1.29 is 18.7 Å². The van der Waals surface area contributed by atoms with Gasteiger partial charge in [-0.2, -0.15) is 0 Å². The fraction of sp³-hybridized carbons (Fsp3) is 0.100. The average Bonchev–Trinajstić information content (AvgIpc) is 2.56. The van der Waals surface area contributed by atoms with Crippen LogP contribution in [0, 0.1) is 11.6 Å². The van der Waals surface area contributed by atoms with Gasteiger partial charge in [-0.05, 0) is 23.1 Å². The minimum Gasteiger partial charge on any atom is -0.481 e. The maximum atomic E-state index is 13.4. The largest absolute Gasteiger partial charge is 0.481 e. The molecule has 2 aromatic rings. The third-order valence-electron chi connectivity index (χ3n) is 2.04. The van der Waals surface area contributed by atoms with Gasteiger partial charge in [0.1, 0.15) is 11.6 Å². The van der Waals surface area contributed by atoms with Crippen LogP contribution in [-0.2, 0) is 11.2 Å². The lowest BCUT2D eigenvalue weighted by Gasteiger charge is -1.97. The van der Waals surface area contributed by atoms with E-state index in [2.05, 4.69) is 0 Å². The molecule has 0 saturated heterocycles. The van der Waals surface area contributed by atoms with Gasteiger partial charge in [-0.15, -0.1) is 11.3 Å². The van der Waals surface area contributed by atoms with Crippen molar-refractivity contribution in [1.82, 2.24) is 0 Å². The molecule has 2 rings (SSSR count). The van der Waals surface area contributed by atoms with Crippen molar-refractivity contribution in [2.75, 3.05) is 0 Å². The molecule has 0 radical (unpaired) electrons. The van der Waals surface area contributed by atoms with Crippen LogP contribution >= 0.6 is 11.3 Å². The highest BCUT2D eigenvalue weighted by Crippen LogP contribution is 2.30.